The minimum atomic E-state index is -1.04. The molecule has 0 aromatic carbocycles. The Morgan fingerprint density at radius 1 is 1.53 bits per heavy atom. The smallest absolute Gasteiger partial charge is 0.312 e. The minimum absolute atomic E-state index is 0.443. The predicted molar refractivity (Wildman–Crippen MR) is 67.8 cm³/mol. The van der Waals surface area contributed by atoms with E-state index < -0.39 is 17.0 Å². The molecule has 0 spiro atoms. The van der Waals surface area contributed by atoms with Gasteiger partial charge in [0.1, 0.15) is 0 Å². The van der Waals surface area contributed by atoms with Crippen LogP contribution < -0.4 is 0 Å². The second-order valence-electron chi connectivity index (χ2n) is 6.12. The molecule has 0 amide bonds. The zero-order valence-electron chi connectivity index (χ0n) is 11.5. The monoisotopic (exact) mass is 242 g/mol. The zero-order chi connectivity index (χ0) is 13.3. The van der Waals surface area contributed by atoms with Gasteiger partial charge in [0.15, 0.2) is 0 Å². The molecular weight excluding hydrogens is 216 g/mol. The Kier molecular flexibility index (Phi) is 4.23. The van der Waals surface area contributed by atoms with Crippen molar-refractivity contribution in [1.29, 1.82) is 0 Å². The van der Waals surface area contributed by atoms with Gasteiger partial charge in [0.05, 0.1) is 11.0 Å². The van der Waals surface area contributed by atoms with E-state index in [1.807, 2.05) is 6.92 Å². The molecule has 1 fully saturated rings. The lowest BCUT2D eigenvalue weighted by molar-refractivity contribution is -0.176. The van der Waals surface area contributed by atoms with Gasteiger partial charge in [-0.05, 0) is 44.4 Å². The summed E-state index contributed by atoms with van der Waals surface area (Å²) < 4.78 is 0. The quantitative estimate of drug-likeness (QED) is 0.796. The van der Waals surface area contributed by atoms with Gasteiger partial charge in [0.2, 0.25) is 0 Å². The topological polar surface area (TPSA) is 57.5 Å². The van der Waals surface area contributed by atoms with E-state index in [2.05, 4.69) is 13.8 Å². The third-order valence-corrected chi connectivity index (χ3v) is 4.91. The highest BCUT2D eigenvalue weighted by Gasteiger charge is 2.53. The van der Waals surface area contributed by atoms with Crippen molar-refractivity contribution < 1.29 is 15.0 Å². The summed E-state index contributed by atoms with van der Waals surface area (Å²) in [5.74, 6) is 0.0857. The van der Waals surface area contributed by atoms with Gasteiger partial charge in [-0.15, -0.1) is 0 Å². The highest BCUT2D eigenvalue weighted by Crippen LogP contribution is 2.47. The highest BCUT2D eigenvalue weighted by molar-refractivity contribution is 5.75. The van der Waals surface area contributed by atoms with Crippen molar-refractivity contribution >= 4 is 5.97 Å². The molecule has 17 heavy (non-hydrogen) atoms. The summed E-state index contributed by atoms with van der Waals surface area (Å²) in [6.45, 7) is 7.85. The molecule has 0 aromatic heterocycles. The van der Waals surface area contributed by atoms with Gasteiger partial charge >= 0.3 is 5.97 Å². The van der Waals surface area contributed by atoms with Crippen molar-refractivity contribution in [3.05, 3.63) is 0 Å². The van der Waals surface area contributed by atoms with Crippen LogP contribution in [0.25, 0.3) is 0 Å². The lowest BCUT2D eigenvalue weighted by Gasteiger charge is -2.47. The van der Waals surface area contributed by atoms with Gasteiger partial charge in [0, 0.05) is 0 Å². The summed E-state index contributed by atoms with van der Waals surface area (Å²) in [6, 6.07) is 0. The van der Waals surface area contributed by atoms with E-state index in [-0.39, 0.29) is 0 Å². The molecule has 3 atom stereocenters. The van der Waals surface area contributed by atoms with Gasteiger partial charge in [-0.1, -0.05) is 27.2 Å². The Labute approximate surface area is 104 Å². The van der Waals surface area contributed by atoms with Crippen LogP contribution in [0.1, 0.15) is 59.8 Å². The lowest BCUT2D eigenvalue weighted by atomic mass is 9.61. The molecule has 100 valence electrons. The van der Waals surface area contributed by atoms with E-state index in [1.165, 1.54) is 0 Å². The Hall–Kier alpha value is -0.570. The Bertz CT molecular complexity index is 287. The van der Waals surface area contributed by atoms with Crippen LogP contribution in [0, 0.1) is 17.3 Å². The maximum absolute atomic E-state index is 11.5. The van der Waals surface area contributed by atoms with Crippen LogP contribution in [0.15, 0.2) is 0 Å². The summed E-state index contributed by atoms with van der Waals surface area (Å²) in [5, 5.41) is 20.2. The normalized spacial score (nSPS) is 33.4. The number of carbonyl (C=O) groups is 1. The fourth-order valence-electron chi connectivity index (χ4n) is 3.04. The molecule has 1 aliphatic rings. The van der Waals surface area contributed by atoms with Crippen molar-refractivity contribution in [2.45, 2.75) is 65.4 Å². The SMILES string of the molecule is CCC(C)(C(=O)O)C1(O)CCCC(C(C)C)C1. The molecule has 0 bridgehead atoms. The van der Waals surface area contributed by atoms with E-state index in [9.17, 15) is 15.0 Å². The van der Waals surface area contributed by atoms with Crippen molar-refractivity contribution in [3.8, 4) is 0 Å². The fraction of sp³-hybridized carbons (Fsp3) is 0.929. The van der Waals surface area contributed by atoms with Crippen molar-refractivity contribution in [2.75, 3.05) is 0 Å². The van der Waals surface area contributed by atoms with Crippen LogP contribution in [0.2, 0.25) is 0 Å². The van der Waals surface area contributed by atoms with Crippen LogP contribution in [0.4, 0.5) is 0 Å². The largest absolute Gasteiger partial charge is 0.481 e. The van der Waals surface area contributed by atoms with Gasteiger partial charge < -0.3 is 10.2 Å². The average molecular weight is 242 g/mol. The molecule has 3 heteroatoms. The summed E-state index contributed by atoms with van der Waals surface area (Å²) in [5.41, 5.74) is -2.05. The van der Waals surface area contributed by atoms with Gasteiger partial charge in [0.25, 0.3) is 0 Å². The number of rotatable bonds is 4. The highest BCUT2D eigenvalue weighted by atomic mass is 16.4. The first kappa shape index (κ1) is 14.5. The number of aliphatic carboxylic acids is 1. The second-order valence-corrected chi connectivity index (χ2v) is 6.12. The van der Waals surface area contributed by atoms with E-state index in [0.29, 0.717) is 31.1 Å². The van der Waals surface area contributed by atoms with Crippen molar-refractivity contribution in [1.82, 2.24) is 0 Å². The molecule has 0 radical (unpaired) electrons. The van der Waals surface area contributed by atoms with Crippen molar-refractivity contribution in [2.24, 2.45) is 17.3 Å². The first-order valence-corrected chi connectivity index (χ1v) is 6.72. The molecular formula is C14H26O3. The number of hydrogen-bond acceptors (Lipinski definition) is 2. The molecule has 2 N–H and O–H groups in total. The van der Waals surface area contributed by atoms with E-state index in [1.54, 1.807) is 6.92 Å². The Morgan fingerprint density at radius 2 is 2.12 bits per heavy atom. The van der Waals surface area contributed by atoms with E-state index in [4.69, 9.17) is 0 Å². The molecule has 0 aliphatic heterocycles. The molecule has 3 nitrogen and oxygen atoms in total. The maximum Gasteiger partial charge on any atom is 0.312 e. The molecule has 0 heterocycles. The summed E-state index contributed by atoms with van der Waals surface area (Å²) in [6.07, 6.45) is 3.76. The van der Waals surface area contributed by atoms with Crippen LogP contribution >= 0.6 is 0 Å². The minimum Gasteiger partial charge on any atom is -0.481 e. The van der Waals surface area contributed by atoms with Gasteiger partial charge in [-0.3, -0.25) is 4.79 Å². The zero-order valence-corrected chi connectivity index (χ0v) is 11.5. The standard InChI is InChI=1S/C14H26O3/c1-5-13(4,12(15)16)14(17)8-6-7-11(9-14)10(2)3/h10-11,17H,5-9H2,1-4H3,(H,15,16). The molecule has 1 rings (SSSR count). The number of hydrogen-bond donors (Lipinski definition) is 2. The summed E-state index contributed by atoms with van der Waals surface area (Å²) in [4.78, 5) is 11.5. The molecule has 3 unspecified atom stereocenters. The van der Waals surface area contributed by atoms with Crippen LogP contribution in [-0.2, 0) is 4.79 Å². The van der Waals surface area contributed by atoms with Crippen LogP contribution in [0.3, 0.4) is 0 Å². The Morgan fingerprint density at radius 3 is 2.53 bits per heavy atom. The van der Waals surface area contributed by atoms with Gasteiger partial charge in [-0.25, -0.2) is 0 Å². The average Bonchev–Trinajstić information content (AvgIpc) is 2.27. The van der Waals surface area contributed by atoms with Crippen LogP contribution in [0.5, 0.6) is 0 Å². The third-order valence-electron chi connectivity index (χ3n) is 4.91. The molecule has 0 saturated heterocycles. The fourth-order valence-corrected chi connectivity index (χ4v) is 3.04. The summed E-state index contributed by atoms with van der Waals surface area (Å²) >= 11 is 0. The molecule has 1 aliphatic carbocycles. The second kappa shape index (κ2) is 4.97. The maximum atomic E-state index is 11.5. The third kappa shape index (κ3) is 2.49. The molecule has 0 aromatic rings. The van der Waals surface area contributed by atoms with Gasteiger partial charge in [-0.2, -0.15) is 0 Å². The number of carboxylic acid groups (broad SMARTS) is 1. The van der Waals surface area contributed by atoms with Crippen LogP contribution in [-0.4, -0.2) is 21.8 Å². The predicted octanol–water partition coefficient (Wildman–Crippen LogP) is 3.06. The summed E-state index contributed by atoms with van der Waals surface area (Å²) in [7, 11) is 0. The first-order valence-electron chi connectivity index (χ1n) is 6.72. The lowest BCUT2D eigenvalue weighted by Crippen LogP contribution is -2.54. The van der Waals surface area contributed by atoms with E-state index in [0.717, 1.165) is 12.8 Å². The van der Waals surface area contributed by atoms with E-state index >= 15 is 0 Å². The number of aliphatic hydroxyl groups is 1. The molecule has 1 saturated carbocycles. The Balaban J connectivity index is 2.96. The first-order chi connectivity index (χ1) is 7.77. The number of carboxylic acids is 1. The van der Waals surface area contributed by atoms with Crippen molar-refractivity contribution in [3.63, 3.8) is 0 Å².